The van der Waals surface area contributed by atoms with E-state index in [4.69, 9.17) is 0 Å². The molecule has 0 radical (unpaired) electrons. The van der Waals surface area contributed by atoms with Gasteiger partial charge in [-0.15, -0.1) is 0 Å². The predicted octanol–water partition coefficient (Wildman–Crippen LogP) is 3.18. The van der Waals surface area contributed by atoms with Crippen LogP contribution < -0.4 is 10.2 Å². The summed E-state index contributed by atoms with van der Waals surface area (Å²) in [5.41, 5.74) is 0.964. The number of benzene rings is 1. The average Bonchev–Trinajstić information content (AvgIpc) is 2.40. The molecule has 1 heterocycles. The van der Waals surface area contributed by atoms with Crippen molar-refractivity contribution in [2.75, 3.05) is 25.0 Å². The Kier molecular flexibility index (Phi) is 5.00. The zero-order chi connectivity index (χ0) is 12.8. The highest BCUT2D eigenvalue weighted by Gasteiger charge is 2.12. The molecule has 100 valence electrons. The van der Waals surface area contributed by atoms with Crippen LogP contribution in [0.5, 0.6) is 0 Å². The molecule has 1 fully saturated rings. The summed E-state index contributed by atoms with van der Waals surface area (Å²) in [7, 11) is 2.03. The fraction of sp³-hybridized carbons (Fsp3) is 0.600. The molecule has 1 saturated heterocycles. The molecular weight excluding hydrogens is 227 g/mol. The van der Waals surface area contributed by atoms with Gasteiger partial charge in [0.05, 0.1) is 0 Å². The SMILES string of the molecule is CN(CCCC1CCCCN1)c1cccc(F)c1. The minimum absolute atomic E-state index is 0.159. The van der Waals surface area contributed by atoms with E-state index in [0.29, 0.717) is 6.04 Å². The molecule has 2 rings (SSSR count). The monoisotopic (exact) mass is 250 g/mol. The molecule has 1 aromatic rings. The highest BCUT2D eigenvalue weighted by atomic mass is 19.1. The third-order valence-electron chi connectivity index (χ3n) is 3.71. The molecular formula is C15H23FN2. The van der Waals surface area contributed by atoms with E-state index in [2.05, 4.69) is 10.2 Å². The topological polar surface area (TPSA) is 15.3 Å². The van der Waals surface area contributed by atoms with Crippen LogP contribution in [0.3, 0.4) is 0 Å². The molecule has 1 N–H and O–H groups in total. The molecule has 1 aromatic carbocycles. The number of hydrogen-bond acceptors (Lipinski definition) is 2. The zero-order valence-corrected chi connectivity index (χ0v) is 11.2. The van der Waals surface area contributed by atoms with E-state index in [1.165, 1.54) is 38.3 Å². The fourth-order valence-electron chi connectivity index (χ4n) is 2.59. The van der Waals surface area contributed by atoms with Crippen molar-refractivity contribution in [2.24, 2.45) is 0 Å². The van der Waals surface area contributed by atoms with E-state index in [9.17, 15) is 4.39 Å². The lowest BCUT2D eigenvalue weighted by atomic mass is 10.0. The summed E-state index contributed by atoms with van der Waals surface area (Å²) in [5.74, 6) is -0.159. The van der Waals surface area contributed by atoms with Gasteiger partial charge in [-0.1, -0.05) is 12.5 Å². The Balaban J connectivity index is 1.72. The van der Waals surface area contributed by atoms with Gasteiger partial charge in [0.1, 0.15) is 5.82 Å². The number of piperidine rings is 1. The predicted molar refractivity (Wildman–Crippen MR) is 74.5 cm³/mol. The molecule has 0 spiro atoms. The van der Waals surface area contributed by atoms with Crippen molar-refractivity contribution in [3.05, 3.63) is 30.1 Å². The van der Waals surface area contributed by atoms with Crippen LogP contribution in [0, 0.1) is 5.82 Å². The molecule has 1 aliphatic rings. The van der Waals surface area contributed by atoms with Gasteiger partial charge in [-0.25, -0.2) is 4.39 Å². The second kappa shape index (κ2) is 6.74. The van der Waals surface area contributed by atoms with Crippen molar-refractivity contribution >= 4 is 5.69 Å². The summed E-state index contributed by atoms with van der Waals surface area (Å²) in [4.78, 5) is 2.13. The molecule has 18 heavy (non-hydrogen) atoms. The van der Waals surface area contributed by atoms with Gasteiger partial charge in [0.2, 0.25) is 0 Å². The molecule has 0 aliphatic carbocycles. The van der Waals surface area contributed by atoms with Crippen molar-refractivity contribution < 1.29 is 4.39 Å². The number of nitrogens with zero attached hydrogens (tertiary/aromatic N) is 1. The van der Waals surface area contributed by atoms with Gasteiger partial charge in [0.15, 0.2) is 0 Å². The van der Waals surface area contributed by atoms with Crippen molar-refractivity contribution in [3.63, 3.8) is 0 Å². The number of anilines is 1. The van der Waals surface area contributed by atoms with Crippen molar-refractivity contribution in [1.29, 1.82) is 0 Å². The maximum absolute atomic E-state index is 13.1. The molecule has 1 unspecified atom stereocenters. The molecule has 2 nitrogen and oxygen atoms in total. The van der Waals surface area contributed by atoms with Crippen LogP contribution in [0.25, 0.3) is 0 Å². The van der Waals surface area contributed by atoms with E-state index in [1.54, 1.807) is 12.1 Å². The number of rotatable bonds is 5. The highest BCUT2D eigenvalue weighted by molar-refractivity contribution is 5.45. The van der Waals surface area contributed by atoms with Crippen molar-refractivity contribution in [3.8, 4) is 0 Å². The number of halogens is 1. The summed E-state index contributed by atoms with van der Waals surface area (Å²) in [6.45, 7) is 2.16. The van der Waals surface area contributed by atoms with Crippen LogP contribution in [-0.2, 0) is 0 Å². The first kappa shape index (κ1) is 13.3. The summed E-state index contributed by atoms with van der Waals surface area (Å²) in [5, 5.41) is 3.56. The molecule has 1 aliphatic heterocycles. The van der Waals surface area contributed by atoms with Crippen molar-refractivity contribution in [2.45, 2.75) is 38.1 Å². The lowest BCUT2D eigenvalue weighted by Gasteiger charge is -2.25. The lowest BCUT2D eigenvalue weighted by Crippen LogP contribution is -2.34. The average molecular weight is 250 g/mol. The highest BCUT2D eigenvalue weighted by Crippen LogP contribution is 2.16. The minimum Gasteiger partial charge on any atom is -0.375 e. The van der Waals surface area contributed by atoms with Gasteiger partial charge in [-0.2, -0.15) is 0 Å². The Bertz CT molecular complexity index is 361. The summed E-state index contributed by atoms with van der Waals surface area (Å²) in [6, 6.07) is 7.51. The molecule has 3 heteroatoms. The second-order valence-electron chi connectivity index (χ2n) is 5.19. The maximum Gasteiger partial charge on any atom is 0.125 e. The molecule has 0 saturated carbocycles. The summed E-state index contributed by atoms with van der Waals surface area (Å²) >= 11 is 0. The van der Waals surface area contributed by atoms with Gasteiger partial charge < -0.3 is 10.2 Å². The first-order chi connectivity index (χ1) is 8.75. The molecule has 0 bridgehead atoms. The first-order valence-corrected chi connectivity index (χ1v) is 6.96. The quantitative estimate of drug-likeness (QED) is 0.863. The molecule has 0 aromatic heterocycles. The van der Waals surface area contributed by atoms with Crippen LogP contribution in [-0.4, -0.2) is 26.2 Å². The van der Waals surface area contributed by atoms with Gasteiger partial charge in [0.25, 0.3) is 0 Å². The maximum atomic E-state index is 13.1. The Morgan fingerprint density at radius 3 is 3.00 bits per heavy atom. The van der Waals surface area contributed by atoms with Crippen LogP contribution in [0.15, 0.2) is 24.3 Å². The largest absolute Gasteiger partial charge is 0.375 e. The van der Waals surface area contributed by atoms with Crippen molar-refractivity contribution in [1.82, 2.24) is 5.32 Å². The van der Waals surface area contributed by atoms with Crippen LogP contribution in [0.2, 0.25) is 0 Å². The van der Waals surface area contributed by atoms with E-state index >= 15 is 0 Å². The van der Waals surface area contributed by atoms with Gasteiger partial charge >= 0.3 is 0 Å². The second-order valence-corrected chi connectivity index (χ2v) is 5.19. The van der Waals surface area contributed by atoms with E-state index < -0.39 is 0 Å². The minimum atomic E-state index is -0.159. The van der Waals surface area contributed by atoms with Gasteiger partial charge in [-0.3, -0.25) is 0 Å². The van der Waals surface area contributed by atoms with Crippen LogP contribution >= 0.6 is 0 Å². The Morgan fingerprint density at radius 2 is 2.28 bits per heavy atom. The Morgan fingerprint density at radius 1 is 1.39 bits per heavy atom. The van der Waals surface area contributed by atoms with E-state index in [0.717, 1.165) is 18.7 Å². The number of hydrogen-bond donors (Lipinski definition) is 1. The Labute approximate surface area is 109 Å². The standard InChI is InChI=1S/C15H23FN2/c1-18(15-9-4-6-13(16)12-15)11-5-8-14-7-2-3-10-17-14/h4,6,9,12,14,17H,2-3,5,7-8,10-11H2,1H3. The third kappa shape index (κ3) is 3.98. The number of nitrogens with one attached hydrogen (secondary N) is 1. The fourth-order valence-corrected chi connectivity index (χ4v) is 2.59. The van der Waals surface area contributed by atoms with Gasteiger partial charge in [-0.05, 0) is 50.4 Å². The first-order valence-electron chi connectivity index (χ1n) is 6.96. The molecule has 0 amide bonds. The summed E-state index contributed by atoms with van der Waals surface area (Å²) in [6.07, 6.45) is 6.37. The lowest BCUT2D eigenvalue weighted by molar-refractivity contribution is 0.376. The van der Waals surface area contributed by atoms with E-state index in [1.807, 2.05) is 13.1 Å². The van der Waals surface area contributed by atoms with E-state index in [-0.39, 0.29) is 5.82 Å². The third-order valence-corrected chi connectivity index (χ3v) is 3.71. The smallest absolute Gasteiger partial charge is 0.125 e. The molecule has 1 atom stereocenters. The van der Waals surface area contributed by atoms with Crippen LogP contribution in [0.4, 0.5) is 10.1 Å². The Hall–Kier alpha value is -1.09. The zero-order valence-electron chi connectivity index (χ0n) is 11.2. The van der Waals surface area contributed by atoms with Gasteiger partial charge in [0, 0.05) is 25.3 Å². The normalized spacial score (nSPS) is 19.8. The summed E-state index contributed by atoms with van der Waals surface area (Å²) < 4.78 is 13.1. The van der Waals surface area contributed by atoms with Crippen LogP contribution in [0.1, 0.15) is 32.1 Å².